The molecule has 1 aromatic heterocycles. The molecule has 1 fully saturated rings. The molecule has 1 aliphatic rings. The van der Waals surface area contributed by atoms with Crippen LogP contribution in [0.25, 0.3) is 0 Å². The third kappa shape index (κ3) is 2.74. The SMILES string of the molecule is CCNC1CSCC1c1nc(N(C)CC)no1. The van der Waals surface area contributed by atoms with Crippen LogP contribution >= 0.6 is 11.8 Å². The van der Waals surface area contributed by atoms with Crippen LogP contribution in [0.1, 0.15) is 25.7 Å². The summed E-state index contributed by atoms with van der Waals surface area (Å²) in [6.45, 7) is 6.07. The molecule has 0 spiro atoms. The van der Waals surface area contributed by atoms with Crippen LogP contribution in [0.5, 0.6) is 0 Å². The molecule has 1 saturated heterocycles. The Kier molecular flexibility index (Phi) is 4.28. The summed E-state index contributed by atoms with van der Waals surface area (Å²) in [4.78, 5) is 6.47. The number of thioether (sulfide) groups is 1. The number of nitrogens with zero attached hydrogens (tertiary/aromatic N) is 3. The van der Waals surface area contributed by atoms with Crippen LogP contribution in [0.3, 0.4) is 0 Å². The van der Waals surface area contributed by atoms with Crippen LogP contribution in [0, 0.1) is 0 Å². The number of nitrogens with one attached hydrogen (secondary N) is 1. The Morgan fingerprint density at radius 3 is 3.00 bits per heavy atom. The summed E-state index contributed by atoms with van der Waals surface area (Å²) < 4.78 is 5.39. The summed E-state index contributed by atoms with van der Waals surface area (Å²) in [7, 11) is 1.97. The molecule has 2 unspecified atom stereocenters. The fourth-order valence-corrected chi connectivity index (χ4v) is 3.30. The van der Waals surface area contributed by atoms with E-state index in [0.29, 0.717) is 17.9 Å². The van der Waals surface area contributed by atoms with Gasteiger partial charge in [-0.3, -0.25) is 0 Å². The Bertz CT molecular complexity index is 357. The first-order valence-corrected chi connectivity index (χ1v) is 7.27. The fraction of sp³-hybridized carbons (Fsp3) is 0.818. The van der Waals surface area contributed by atoms with Gasteiger partial charge in [0.2, 0.25) is 5.89 Å². The zero-order valence-electron chi connectivity index (χ0n) is 10.6. The van der Waals surface area contributed by atoms with Crippen molar-refractivity contribution < 1.29 is 4.52 Å². The highest BCUT2D eigenvalue weighted by atomic mass is 32.2. The maximum Gasteiger partial charge on any atom is 0.265 e. The molecule has 0 radical (unpaired) electrons. The smallest absolute Gasteiger partial charge is 0.265 e. The van der Waals surface area contributed by atoms with Crippen molar-refractivity contribution in [3.63, 3.8) is 0 Å². The van der Waals surface area contributed by atoms with Gasteiger partial charge in [-0.2, -0.15) is 16.7 Å². The van der Waals surface area contributed by atoms with E-state index >= 15 is 0 Å². The normalized spacial score (nSPS) is 24.2. The van der Waals surface area contributed by atoms with Crippen molar-refractivity contribution in [2.24, 2.45) is 0 Å². The van der Waals surface area contributed by atoms with Crippen molar-refractivity contribution in [2.75, 3.05) is 36.5 Å². The first-order valence-electron chi connectivity index (χ1n) is 6.12. The van der Waals surface area contributed by atoms with Crippen molar-refractivity contribution >= 4 is 17.7 Å². The summed E-state index contributed by atoms with van der Waals surface area (Å²) in [5, 5.41) is 7.51. The summed E-state index contributed by atoms with van der Waals surface area (Å²) in [6, 6.07) is 0.463. The third-order valence-electron chi connectivity index (χ3n) is 3.11. The lowest BCUT2D eigenvalue weighted by atomic mass is 10.0. The molecule has 6 heteroatoms. The Labute approximate surface area is 106 Å². The molecule has 1 aromatic rings. The lowest BCUT2D eigenvalue weighted by Crippen LogP contribution is -2.34. The summed E-state index contributed by atoms with van der Waals surface area (Å²) >= 11 is 1.94. The van der Waals surface area contributed by atoms with Gasteiger partial charge < -0.3 is 14.7 Å². The Morgan fingerprint density at radius 1 is 1.47 bits per heavy atom. The molecule has 2 heterocycles. The van der Waals surface area contributed by atoms with Gasteiger partial charge >= 0.3 is 0 Å². The van der Waals surface area contributed by atoms with Gasteiger partial charge in [0, 0.05) is 31.1 Å². The molecule has 2 atom stereocenters. The average molecular weight is 256 g/mol. The molecule has 96 valence electrons. The predicted molar refractivity (Wildman–Crippen MR) is 70.8 cm³/mol. The van der Waals surface area contributed by atoms with Crippen molar-refractivity contribution in [3.8, 4) is 0 Å². The topological polar surface area (TPSA) is 54.2 Å². The zero-order chi connectivity index (χ0) is 12.3. The number of hydrogen-bond acceptors (Lipinski definition) is 6. The minimum Gasteiger partial charge on any atom is -0.342 e. The molecule has 0 amide bonds. The zero-order valence-corrected chi connectivity index (χ0v) is 11.5. The average Bonchev–Trinajstić information content (AvgIpc) is 2.96. The van der Waals surface area contributed by atoms with E-state index in [1.54, 1.807) is 0 Å². The summed E-state index contributed by atoms with van der Waals surface area (Å²) in [5.41, 5.74) is 0. The molecular formula is C11H20N4OS. The number of aromatic nitrogens is 2. The van der Waals surface area contributed by atoms with Gasteiger partial charge in [0.15, 0.2) is 0 Å². The van der Waals surface area contributed by atoms with Crippen molar-refractivity contribution in [2.45, 2.75) is 25.8 Å². The number of anilines is 1. The largest absolute Gasteiger partial charge is 0.342 e. The first kappa shape index (κ1) is 12.7. The van der Waals surface area contributed by atoms with Crippen LogP contribution < -0.4 is 10.2 Å². The van der Waals surface area contributed by atoms with Crippen molar-refractivity contribution in [1.82, 2.24) is 15.5 Å². The third-order valence-corrected chi connectivity index (χ3v) is 4.30. The Hall–Kier alpha value is -0.750. The van der Waals surface area contributed by atoms with E-state index < -0.39 is 0 Å². The molecule has 0 aliphatic carbocycles. The number of rotatable bonds is 5. The molecule has 17 heavy (non-hydrogen) atoms. The highest BCUT2D eigenvalue weighted by molar-refractivity contribution is 7.99. The molecule has 1 N–H and O–H groups in total. The van der Waals surface area contributed by atoms with Crippen LogP contribution in [-0.2, 0) is 0 Å². The van der Waals surface area contributed by atoms with Gasteiger partial charge in [0.05, 0.1) is 5.92 Å². The first-order chi connectivity index (χ1) is 8.26. The number of likely N-dealkylation sites (N-methyl/N-ethyl adjacent to an activating group) is 1. The lowest BCUT2D eigenvalue weighted by molar-refractivity contribution is 0.340. The van der Waals surface area contributed by atoms with Crippen LogP contribution in [-0.4, -0.2) is 47.8 Å². The molecule has 1 aliphatic heterocycles. The minimum atomic E-state index is 0.353. The van der Waals surface area contributed by atoms with E-state index in [-0.39, 0.29) is 0 Å². The van der Waals surface area contributed by atoms with Crippen LogP contribution in [0.2, 0.25) is 0 Å². The maximum absolute atomic E-state index is 5.39. The van der Waals surface area contributed by atoms with Gasteiger partial charge in [-0.05, 0) is 18.6 Å². The van der Waals surface area contributed by atoms with Gasteiger partial charge in [0.25, 0.3) is 5.95 Å². The van der Waals surface area contributed by atoms with Gasteiger partial charge in [0.1, 0.15) is 0 Å². The quantitative estimate of drug-likeness (QED) is 0.858. The second-order valence-corrected chi connectivity index (χ2v) is 5.33. The molecule has 0 bridgehead atoms. The Balaban J connectivity index is 2.08. The summed E-state index contributed by atoms with van der Waals surface area (Å²) in [6.07, 6.45) is 0. The molecule has 2 rings (SSSR count). The highest BCUT2D eigenvalue weighted by Gasteiger charge is 2.33. The van der Waals surface area contributed by atoms with E-state index in [1.807, 2.05) is 23.7 Å². The standard InChI is InChI=1S/C11H20N4OS/c1-4-12-9-7-17-6-8(9)10-13-11(14-16-10)15(3)5-2/h8-9,12H,4-7H2,1-3H3. The van der Waals surface area contributed by atoms with E-state index in [1.165, 1.54) is 0 Å². The molecule has 0 aromatic carbocycles. The molecular weight excluding hydrogens is 236 g/mol. The highest BCUT2D eigenvalue weighted by Crippen LogP contribution is 2.32. The minimum absolute atomic E-state index is 0.353. The number of hydrogen-bond donors (Lipinski definition) is 1. The van der Waals surface area contributed by atoms with Gasteiger partial charge in [-0.1, -0.05) is 6.92 Å². The lowest BCUT2D eigenvalue weighted by Gasteiger charge is -2.15. The van der Waals surface area contributed by atoms with E-state index in [2.05, 4.69) is 29.3 Å². The van der Waals surface area contributed by atoms with Crippen LogP contribution in [0.4, 0.5) is 5.95 Å². The molecule has 0 saturated carbocycles. The van der Waals surface area contributed by atoms with E-state index in [0.717, 1.165) is 30.5 Å². The molecule has 5 nitrogen and oxygen atoms in total. The monoisotopic (exact) mass is 256 g/mol. The van der Waals surface area contributed by atoms with Crippen molar-refractivity contribution in [1.29, 1.82) is 0 Å². The van der Waals surface area contributed by atoms with Gasteiger partial charge in [-0.25, -0.2) is 0 Å². The Morgan fingerprint density at radius 2 is 2.29 bits per heavy atom. The fourth-order valence-electron chi connectivity index (χ4n) is 1.94. The summed E-state index contributed by atoms with van der Waals surface area (Å²) in [5.74, 6) is 4.01. The van der Waals surface area contributed by atoms with Crippen LogP contribution in [0.15, 0.2) is 4.52 Å². The van der Waals surface area contributed by atoms with E-state index in [9.17, 15) is 0 Å². The van der Waals surface area contributed by atoms with Crippen molar-refractivity contribution in [3.05, 3.63) is 5.89 Å². The second kappa shape index (κ2) is 5.73. The maximum atomic E-state index is 5.39. The van der Waals surface area contributed by atoms with Gasteiger partial charge in [-0.15, -0.1) is 0 Å². The predicted octanol–water partition coefficient (Wildman–Crippen LogP) is 1.33. The van der Waals surface area contributed by atoms with E-state index in [4.69, 9.17) is 4.52 Å². The second-order valence-electron chi connectivity index (χ2n) is 4.25.